The highest BCUT2D eigenvalue weighted by atomic mass is 32.2. The molecule has 0 radical (unpaired) electrons. The molecule has 14 heavy (non-hydrogen) atoms. The molecule has 2 heterocycles. The van der Waals surface area contributed by atoms with Crippen molar-refractivity contribution in [3.8, 4) is 9.75 Å². The molecule has 0 amide bonds. The molecule has 0 aliphatic rings. The molecule has 0 unspecified atom stereocenters. The van der Waals surface area contributed by atoms with Crippen LogP contribution in [0.4, 0.5) is 0 Å². The van der Waals surface area contributed by atoms with Gasteiger partial charge in [0.25, 0.3) is 0 Å². The van der Waals surface area contributed by atoms with E-state index in [2.05, 4.69) is 12.6 Å². The first-order valence-corrected chi connectivity index (χ1v) is 5.87. The third-order valence-corrected chi connectivity index (χ3v) is 4.23. The van der Waals surface area contributed by atoms with Gasteiger partial charge in [-0.15, -0.1) is 35.3 Å². The van der Waals surface area contributed by atoms with Crippen molar-refractivity contribution in [1.82, 2.24) is 0 Å². The van der Waals surface area contributed by atoms with Gasteiger partial charge in [-0.05, 0) is 24.3 Å². The van der Waals surface area contributed by atoms with E-state index < -0.39 is 5.97 Å². The molecule has 5 heteroatoms. The lowest BCUT2D eigenvalue weighted by molar-refractivity contribution is 0.0702. The van der Waals surface area contributed by atoms with E-state index in [0.29, 0.717) is 4.88 Å². The number of hydrogen-bond donors (Lipinski definition) is 2. The molecule has 0 bridgehead atoms. The molecule has 0 saturated carbocycles. The van der Waals surface area contributed by atoms with Crippen LogP contribution in [-0.2, 0) is 0 Å². The minimum atomic E-state index is -0.871. The van der Waals surface area contributed by atoms with Crippen LogP contribution >= 0.6 is 35.3 Å². The van der Waals surface area contributed by atoms with Crippen LogP contribution in [0, 0.1) is 0 Å². The first-order chi connectivity index (χ1) is 6.66. The summed E-state index contributed by atoms with van der Waals surface area (Å²) in [5.74, 6) is -0.871. The Morgan fingerprint density at radius 3 is 2.29 bits per heavy atom. The van der Waals surface area contributed by atoms with Gasteiger partial charge < -0.3 is 5.11 Å². The van der Waals surface area contributed by atoms with Crippen LogP contribution in [0.3, 0.4) is 0 Å². The van der Waals surface area contributed by atoms with Crippen LogP contribution < -0.4 is 0 Å². The maximum atomic E-state index is 10.6. The Morgan fingerprint density at radius 1 is 1.14 bits per heavy atom. The average molecular weight is 242 g/mol. The van der Waals surface area contributed by atoms with Crippen molar-refractivity contribution in [2.24, 2.45) is 0 Å². The van der Waals surface area contributed by atoms with Gasteiger partial charge in [0.2, 0.25) is 0 Å². The van der Waals surface area contributed by atoms with Crippen molar-refractivity contribution in [2.75, 3.05) is 0 Å². The van der Waals surface area contributed by atoms with Crippen LogP contribution in [0.25, 0.3) is 9.75 Å². The zero-order chi connectivity index (χ0) is 10.1. The number of thiophene rings is 2. The summed E-state index contributed by atoms with van der Waals surface area (Å²) < 4.78 is 0.935. The number of carbonyl (C=O) groups is 1. The minimum absolute atomic E-state index is 0.370. The third kappa shape index (κ3) is 1.84. The Kier molecular flexibility index (Phi) is 2.62. The number of carboxylic acids is 1. The molecule has 0 aromatic carbocycles. The molecule has 2 aromatic heterocycles. The van der Waals surface area contributed by atoms with Gasteiger partial charge in [0.15, 0.2) is 0 Å². The predicted molar refractivity (Wildman–Crippen MR) is 61.8 cm³/mol. The lowest BCUT2D eigenvalue weighted by Crippen LogP contribution is -1.89. The van der Waals surface area contributed by atoms with Gasteiger partial charge >= 0.3 is 5.97 Å². The molecule has 1 N–H and O–H groups in total. The summed E-state index contributed by atoms with van der Waals surface area (Å²) in [5.41, 5.74) is 0. The number of carboxylic acid groups (broad SMARTS) is 1. The highest BCUT2D eigenvalue weighted by Crippen LogP contribution is 2.34. The molecular formula is C9H6O2S3. The smallest absolute Gasteiger partial charge is 0.345 e. The largest absolute Gasteiger partial charge is 0.477 e. The van der Waals surface area contributed by atoms with E-state index in [0.717, 1.165) is 14.0 Å². The van der Waals surface area contributed by atoms with Gasteiger partial charge in [-0.1, -0.05) is 0 Å². The zero-order valence-corrected chi connectivity index (χ0v) is 9.46. The van der Waals surface area contributed by atoms with Crippen molar-refractivity contribution in [3.63, 3.8) is 0 Å². The Bertz CT molecular complexity index is 470. The fourth-order valence-corrected chi connectivity index (χ4v) is 3.10. The molecule has 72 valence electrons. The topological polar surface area (TPSA) is 37.3 Å². The second-order valence-corrected chi connectivity index (χ2v) is 5.56. The average Bonchev–Trinajstić information content (AvgIpc) is 2.70. The van der Waals surface area contributed by atoms with Gasteiger partial charge in [0.1, 0.15) is 4.88 Å². The number of thiol groups is 1. The molecule has 0 atom stereocenters. The normalized spacial score (nSPS) is 10.4. The van der Waals surface area contributed by atoms with E-state index >= 15 is 0 Å². The molecule has 2 nitrogen and oxygen atoms in total. The van der Waals surface area contributed by atoms with E-state index in [4.69, 9.17) is 5.11 Å². The van der Waals surface area contributed by atoms with Crippen LogP contribution in [0.5, 0.6) is 0 Å². The molecular weight excluding hydrogens is 236 g/mol. The number of hydrogen-bond acceptors (Lipinski definition) is 4. The van der Waals surface area contributed by atoms with Gasteiger partial charge in [-0.25, -0.2) is 4.79 Å². The summed E-state index contributed by atoms with van der Waals surface area (Å²) in [6, 6.07) is 7.31. The summed E-state index contributed by atoms with van der Waals surface area (Å²) in [4.78, 5) is 13.1. The Morgan fingerprint density at radius 2 is 1.79 bits per heavy atom. The highest BCUT2D eigenvalue weighted by Gasteiger charge is 2.09. The van der Waals surface area contributed by atoms with Gasteiger partial charge in [-0.2, -0.15) is 0 Å². The predicted octanol–water partition coefficient (Wildman–Crippen LogP) is 3.46. The quantitative estimate of drug-likeness (QED) is 0.791. The van der Waals surface area contributed by atoms with Crippen molar-refractivity contribution in [3.05, 3.63) is 29.1 Å². The van der Waals surface area contributed by atoms with Gasteiger partial charge in [0.05, 0.1) is 4.21 Å². The SMILES string of the molecule is O=C(O)c1ccc(-c2ccc(S)s2)s1. The molecule has 0 aliphatic heterocycles. The fourth-order valence-electron chi connectivity index (χ4n) is 1.05. The molecule has 0 saturated heterocycles. The van der Waals surface area contributed by atoms with Crippen molar-refractivity contribution < 1.29 is 9.90 Å². The first-order valence-electron chi connectivity index (χ1n) is 3.79. The molecule has 0 aliphatic carbocycles. The summed E-state index contributed by atoms with van der Waals surface area (Å²) in [6.07, 6.45) is 0. The van der Waals surface area contributed by atoms with Crippen LogP contribution in [-0.4, -0.2) is 11.1 Å². The van der Waals surface area contributed by atoms with E-state index in [-0.39, 0.29) is 0 Å². The fraction of sp³-hybridized carbons (Fsp3) is 0. The standard InChI is InChI=1S/C9H6O2S3/c10-9(11)7-2-1-5(13-7)6-3-4-8(12)14-6/h1-4,12H,(H,10,11). The van der Waals surface area contributed by atoms with Gasteiger partial charge in [0, 0.05) is 9.75 Å². The maximum Gasteiger partial charge on any atom is 0.345 e. The minimum Gasteiger partial charge on any atom is -0.477 e. The van der Waals surface area contributed by atoms with E-state index in [9.17, 15) is 4.79 Å². The Hall–Kier alpha value is -0.780. The Labute approximate surface area is 94.2 Å². The lowest BCUT2D eigenvalue weighted by Gasteiger charge is -1.87. The highest BCUT2D eigenvalue weighted by molar-refractivity contribution is 7.83. The van der Waals surface area contributed by atoms with Crippen molar-refractivity contribution in [1.29, 1.82) is 0 Å². The summed E-state index contributed by atoms with van der Waals surface area (Å²) in [5, 5.41) is 8.75. The summed E-state index contributed by atoms with van der Waals surface area (Å²) in [6.45, 7) is 0. The number of rotatable bonds is 2. The third-order valence-electron chi connectivity index (χ3n) is 1.65. The summed E-state index contributed by atoms with van der Waals surface area (Å²) >= 11 is 7.04. The second-order valence-electron chi connectivity index (χ2n) is 2.61. The molecule has 0 spiro atoms. The van der Waals surface area contributed by atoms with E-state index in [1.807, 2.05) is 18.2 Å². The van der Waals surface area contributed by atoms with E-state index in [1.165, 1.54) is 11.3 Å². The monoisotopic (exact) mass is 242 g/mol. The van der Waals surface area contributed by atoms with Crippen molar-refractivity contribution in [2.45, 2.75) is 4.21 Å². The van der Waals surface area contributed by atoms with E-state index in [1.54, 1.807) is 17.4 Å². The molecule has 2 aromatic rings. The van der Waals surface area contributed by atoms with Crippen LogP contribution in [0.15, 0.2) is 28.5 Å². The van der Waals surface area contributed by atoms with Crippen LogP contribution in [0.2, 0.25) is 0 Å². The number of aromatic carboxylic acids is 1. The zero-order valence-electron chi connectivity index (χ0n) is 6.93. The Balaban J connectivity index is 2.38. The summed E-state index contributed by atoms with van der Waals surface area (Å²) in [7, 11) is 0. The maximum absolute atomic E-state index is 10.6. The van der Waals surface area contributed by atoms with Gasteiger partial charge in [-0.3, -0.25) is 0 Å². The second kappa shape index (κ2) is 3.76. The van der Waals surface area contributed by atoms with Crippen LogP contribution in [0.1, 0.15) is 9.67 Å². The first kappa shape index (κ1) is 9.76. The van der Waals surface area contributed by atoms with Crippen molar-refractivity contribution >= 4 is 41.3 Å². The molecule has 2 rings (SSSR count). The lowest BCUT2D eigenvalue weighted by atomic mass is 10.4. The molecule has 0 fully saturated rings.